The molecule has 1 aromatic heterocycles. The third kappa shape index (κ3) is 4.04. The lowest BCUT2D eigenvalue weighted by Gasteiger charge is -2.36. The van der Waals surface area contributed by atoms with Gasteiger partial charge in [0.2, 0.25) is 5.91 Å². The molecule has 0 saturated carbocycles. The highest BCUT2D eigenvalue weighted by Crippen LogP contribution is 2.14. The summed E-state index contributed by atoms with van der Waals surface area (Å²) in [5, 5.41) is 2.76. The molecule has 0 spiro atoms. The molecule has 0 aromatic carbocycles. The summed E-state index contributed by atoms with van der Waals surface area (Å²) in [6, 6.07) is -0.0263. The summed E-state index contributed by atoms with van der Waals surface area (Å²) in [6.45, 7) is 2.70. The maximum atomic E-state index is 14.8. The van der Waals surface area contributed by atoms with Gasteiger partial charge in [0.25, 0.3) is 11.7 Å². The fourth-order valence-electron chi connectivity index (χ4n) is 4.31. The van der Waals surface area contributed by atoms with Crippen molar-refractivity contribution in [1.82, 2.24) is 25.0 Å². The van der Waals surface area contributed by atoms with Crippen LogP contribution in [0.5, 0.6) is 0 Å². The third-order valence-corrected chi connectivity index (χ3v) is 6.15. The number of piperazine rings is 1. The number of aromatic nitrogens is 1. The monoisotopic (exact) mass is 443 g/mol. The molecule has 0 bridgehead atoms. The topological polar surface area (TPSA) is 106 Å². The first-order valence-electron chi connectivity index (χ1n) is 10.8. The number of likely N-dealkylation sites (tertiary alicyclic amines) is 1. The largest absolute Gasteiger partial charge is 0.361 e. The predicted molar refractivity (Wildman–Crippen MR) is 114 cm³/mol. The summed E-state index contributed by atoms with van der Waals surface area (Å²) < 4.78 is 14.8. The summed E-state index contributed by atoms with van der Waals surface area (Å²) in [7, 11) is 1.48. The average molecular weight is 443 g/mol. The number of fused-ring (bicyclic) bond motifs is 1. The van der Waals surface area contributed by atoms with E-state index in [0.29, 0.717) is 13.1 Å². The molecular weight excluding hydrogens is 417 g/mol. The molecule has 10 heteroatoms. The van der Waals surface area contributed by atoms with Gasteiger partial charge in [-0.1, -0.05) is 6.08 Å². The summed E-state index contributed by atoms with van der Waals surface area (Å²) >= 11 is 0. The van der Waals surface area contributed by atoms with Crippen LogP contribution in [0.1, 0.15) is 23.2 Å². The number of halogens is 1. The van der Waals surface area contributed by atoms with E-state index in [1.165, 1.54) is 30.3 Å². The van der Waals surface area contributed by atoms with Crippen LogP contribution in [0.4, 0.5) is 9.18 Å². The van der Waals surface area contributed by atoms with Crippen molar-refractivity contribution in [3.05, 3.63) is 34.5 Å². The normalized spacial score (nSPS) is 20.5. The number of H-pyrrole nitrogens is 1. The predicted octanol–water partition coefficient (Wildman–Crippen LogP) is -0.652. The van der Waals surface area contributed by atoms with Gasteiger partial charge < -0.3 is 25.0 Å². The molecule has 1 unspecified atom stereocenters. The van der Waals surface area contributed by atoms with E-state index in [1.54, 1.807) is 4.90 Å². The van der Waals surface area contributed by atoms with E-state index >= 15 is 0 Å². The van der Waals surface area contributed by atoms with Gasteiger partial charge in [-0.25, -0.2) is 9.18 Å². The molecular formula is C22H26FN5O4. The second kappa shape index (κ2) is 8.97. The van der Waals surface area contributed by atoms with E-state index in [2.05, 4.69) is 10.3 Å². The fraction of sp³-hybridized carbons (Fsp3) is 0.455. The SMILES string of the molecule is CNC(=O)C1C=CC(F)=c2c(C(=O)C(=O)N3CCN(C(=O)N4CCCC4)CC3)c[nH]c2=C1. The van der Waals surface area contributed by atoms with Crippen LogP contribution in [-0.4, -0.2) is 89.6 Å². The van der Waals surface area contributed by atoms with Crippen LogP contribution in [0, 0.1) is 5.92 Å². The molecule has 1 atom stereocenters. The molecule has 1 aliphatic carbocycles. The number of nitrogens with one attached hydrogen (secondary N) is 2. The zero-order chi connectivity index (χ0) is 22.8. The van der Waals surface area contributed by atoms with Crippen LogP contribution in [0.25, 0.3) is 11.9 Å². The van der Waals surface area contributed by atoms with Crippen molar-refractivity contribution in [1.29, 1.82) is 0 Å². The Morgan fingerprint density at radius 2 is 1.62 bits per heavy atom. The lowest BCUT2D eigenvalue weighted by Crippen LogP contribution is -2.55. The van der Waals surface area contributed by atoms with Gasteiger partial charge >= 0.3 is 6.03 Å². The first-order valence-corrected chi connectivity index (χ1v) is 10.8. The Morgan fingerprint density at radius 1 is 1.00 bits per heavy atom. The number of aromatic amines is 1. The highest BCUT2D eigenvalue weighted by molar-refractivity contribution is 6.42. The number of carbonyl (C=O) groups is 4. The maximum Gasteiger partial charge on any atom is 0.320 e. The van der Waals surface area contributed by atoms with Crippen LogP contribution >= 0.6 is 0 Å². The van der Waals surface area contributed by atoms with Gasteiger partial charge in [-0.3, -0.25) is 14.4 Å². The molecule has 2 saturated heterocycles. The Bertz CT molecular complexity index is 1090. The minimum atomic E-state index is -0.822. The van der Waals surface area contributed by atoms with Crippen LogP contribution in [0.3, 0.4) is 0 Å². The van der Waals surface area contributed by atoms with Gasteiger partial charge in [0, 0.05) is 63.1 Å². The summed E-state index contributed by atoms with van der Waals surface area (Å²) in [6.07, 6.45) is 7.36. The Labute approximate surface area is 184 Å². The van der Waals surface area contributed by atoms with E-state index in [1.807, 2.05) is 4.90 Å². The molecule has 3 heterocycles. The van der Waals surface area contributed by atoms with Crippen LogP contribution < -0.4 is 15.9 Å². The molecule has 1 aromatic rings. The number of hydrogen-bond acceptors (Lipinski definition) is 4. The highest BCUT2D eigenvalue weighted by atomic mass is 19.1. The number of amides is 4. The summed E-state index contributed by atoms with van der Waals surface area (Å²) in [4.78, 5) is 58.0. The molecule has 4 rings (SSSR count). The van der Waals surface area contributed by atoms with E-state index in [-0.39, 0.29) is 41.2 Å². The second-order valence-corrected chi connectivity index (χ2v) is 8.09. The van der Waals surface area contributed by atoms with Crippen molar-refractivity contribution in [3.63, 3.8) is 0 Å². The van der Waals surface area contributed by atoms with Gasteiger partial charge in [-0.15, -0.1) is 0 Å². The minimum Gasteiger partial charge on any atom is -0.361 e. The van der Waals surface area contributed by atoms with E-state index in [9.17, 15) is 23.6 Å². The van der Waals surface area contributed by atoms with Gasteiger partial charge in [-0.05, 0) is 25.0 Å². The van der Waals surface area contributed by atoms with Crippen molar-refractivity contribution >= 4 is 35.5 Å². The summed E-state index contributed by atoms with van der Waals surface area (Å²) in [5.74, 6) is -3.27. The van der Waals surface area contributed by atoms with Crippen LogP contribution in [0.2, 0.25) is 0 Å². The smallest absolute Gasteiger partial charge is 0.320 e. The molecule has 4 amide bonds. The summed E-state index contributed by atoms with van der Waals surface area (Å²) in [5.41, 5.74) is -0.0727. The Balaban J connectivity index is 1.49. The number of Topliss-reactive ketones (excluding diaryl/α,β-unsaturated/α-hetero) is 1. The molecule has 3 aliphatic rings. The zero-order valence-corrected chi connectivity index (χ0v) is 17.9. The zero-order valence-electron chi connectivity index (χ0n) is 17.9. The molecule has 170 valence electrons. The fourth-order valence-corrected chi connectivity index (χ4v) is 4.31. The Kier molecular flexibility index (Phi) is 6.11. The number of ketones is 1. The molecule has 32 heavy (non-hydrogen) atoms. The van der Waals surface area contributed by atoms with Crippen molar-refractivity contribution in [2.45, 2.75) is 12.8 Å². The van der Waals surface area contributed by atoms with Crippen LogP contribution in [-0.2, 0) is 9.59 Å². The van der Waals surface area contributed by atoms with E-state index in [0.717, 1.165) is 32.0 Å². The molecule has 2 fully saturated rings. The van der Waals surface area contributed by atoms with Crippen molar-refractivity contribution in [3.8, 4) is 0 Å². The second-order valence-electron chi connectivity index (χ2n) is 8.09. The van der Waals surface area contributed by atoms with Gasteiger partial charge in [0.15, 0.2) is 0 Å². The highest BCUT2D eigenvalue weighted by Gasteiger charge is 2.32. The quantitative estimate of drug-likeness (QED) is 0.478. The number of urea groups is 1. The Hall–Kier alpha value is -3.43. The lowest BCUT2D eigenvalue weighted by atomic mass is 10.1. The maximum absolute atomic E-state index is 14.8. The van der Waals surface area contributed by atoms with Crippen molar-refractivity contribution < 1.29 is 23.6 Å². The average Bonchev–Trinajstić information content (AvgIpc) is 3.47. The number of allylic oxidation sites excluding steroid dienone is 1. The number of rotatable bonds is 3. The van der Waals surface area contributed by atoms with Crippen molar-refractivity contribution in [2.24, 2.45) is 5.92 Å². The number of carbonyl (C=O) groups excluding carboxylic acids is 4. The Morgan fingerprint density at radius 3 is 2.28 bits per heavy atom. The molecule has 2 N–H and O–H groups in total. The number of hydrogen-bond donors (Lipinski definition) is 2. The van der Waals surface area contributed by atoms with Gasteiger partial charge in [0.05, 0.1) is 11.5 Å². The third-order valence-electron chi connectivity index (χ3n) is 6.15. The minimum absolute atomic E-state index is 0.0196. The molecule has 2 aliphatic heterocycles. The first-order chi connectivity index (χ1) is 15.4. The van der Waals surface area contributed by atoms with Gasteiger partial charge in [0.1, 0.15) is 5.83 Å². The van der Waals surface area contributed by atoms with E-state index in [4.69, 9.17) is 0 Å². The lowest BCUT2D eigenvalue weighted by molar-refractivity contribution is -0.127. The van der Waals surface area contributed by atoms with Crippen molar-refractivity contribution in [2.75, 3.05) is 46.3 Å². The van der Waals surface area contributed by atoms with Gasteiger partial charge in [-0.2, -0.15) is 0 Å². The van der Waals surface area contributed by atoms with E-state index < -0.39 is 23.4 Å². The standard InChI is InChI=1S/C22H26FN5O4/c1-24-20(30)14-4-5-16(23)18-15(13-25-17(18)12-14)19(29)21(31)26-8-10-28(11-9-26)22(32)27-6-2-3-7-27/h4-5,12-14,25H,2-3,6-11H2,1H3,(H,24,30). The molecule has 9 nitrogen and oxygen atoms in total. The first kappa shape index (κ1) is 21.8. The number of nitrogens with zero attached hydrogens (tertiary/aromatic N) is 3. The molecule has 0 radical (unpaired) electrons. The van der Waals surface area contributed by atoms with Crippen LogP contribution in [0.15, 0.2) is 18.3 Å².